The highest BCUT2D eigenvalue weighted by atomic mass is 35.5. The van der Waals surface area contributed by atoms with Crippen LogP contribution in [0.15, 0.2) is 36.4 Å². The highest BCUT2D eigenvalue weighted by Crippen LogP contribution is 2.26. The van der Waals surface area contributed by atoms with Crippen LogP contribution in [0, 0.1) is 0 Å². The molecule has 0 aromatic heterocycles. The molecule has 0 aliphatic heterocycles. The summed E-state index contributed by atoms with van der Waals surface area (Å²) in [5.41, 5.74) is 0.772. The summed E-state index contributed by atoms with van der Waals surface area (Å²) < 4.78 is 5.33. The molecule has 2 rings (SSSR count). The van der Waals surface area contributed by atoms with Crippen LogP contribution in [0.2, 0.25) is 20.1 Å². The average molecular weight is 379 g/mol. The Hall–Kier alpha value is -1.13. The minimum atomic E-state index is -0.280. The van der Waals surface area contributed by atoms with E-state index in [1.54, 1.807) is 36.4 Å². The predicted molar refractivity (Wildman–Crippen MR) is 90.3 cm³/mol. The Morgan fingerprint density at radius 2 is 1.73 bits per heavy atom. The van der Waals surface area contributed by atoms with Crippen molar-refractivity contribution in [1.82, 2.24) is 5.32 Å². The maximum atomic E-state index is 11.8. The minimum Gasteiger partial charge on any atom is -0.484 e. The second-order valence-corrected chi connectivity index (χ2v) is 6.04. The molecule has 0 saturated carbocycles. The van der Waals surface area contributed by atoms with Crippen LogP contribution in [-0.4, -0.2) is 12.5 Å². The average Bonchev–Trinajstić information content (AvgIpc) is 2.47. The quantitative estimate of drug-likeness (QED) is 0.795. The van der Waals surface area contributed by atoms with Crippen LogP contribution in [0.4, 0.5) is 0 Å². The third-order valence-corrected chi connectivity index (χ3v) is 4.08. The largest absolute Gasteiger partial charge is 0.484 e. The number of rotatable bonds is 5. The zero-order valence-corrected chi connectivity index (χ0v) is 14.2. The number of amides is 1. The second kappa shape index (κ2) is 7.93. The zero-order valence-electron chi connectivity index (χ0n) is 11.2. The molecule has 0 aliphatic carbocycles. The molecular formula is C15H11Cl4NO2. The van der Waals surface area contributed by atoms with Gasteiger partial charge in [0.1, 0.15) is 5.75 Å². The molecule has 1 N–H and O–H groups in total. The maximum Gasteiger partial charge on any atom is 0.258 e. The summed E-state index contributed by atoms with van der Waals surface area (Å²) >= 11 is 23.5. The summed E-state index contributed by atoms with van der Waals surface area (Å²) in [6.07, 6.45) is 0. The van der Waals surface area contributed by atoms with E-state index in [-0.39, 0.29) is 12.5 Å². The van der Waals surface area contributed by atoms with Gasteiger partial charge in [0.2, 0.25) is 0 Å². The summed E-state index contributed by atoms with van der Waals surface area (Å²) in [6, 6.07) is 9.87. The van der Waals surface area contributed by atoms with Crippen molar-refractivity contribution in [3.05, 3.63) is 62.1 Å². The van der Waals surface area contributed by atoms with Crippen LogP contribution >= 0.6 is 46.4 Å². The van der Waals surface area contributed by atoms with E-state index in [1.807, 2.05) is 0 Å². The van der Waals surface area contributed by atoms with Gasteiger partial charge in [-0.25, -0.2) is 0 Å². The van der Waals surface area contributed by atoms with Crippen LogP contribution in [0.3, 0.4) is 0 Å². The van der Waals surface area contributed by atoms with E-state index in [0.29, 0.717) is 32.4 Å². The van der Waals surface area contributed by atoms with Crippen LogP contribution < -0.4 is 10.1 Å². The number of halogens is 4. The van der Waals surface area contributed by atoms with Crippen molar-refractivity contribution in [2.24, 2.45) is 0 Å². The molecule has 2 aromatic rings. The number of ether oxygens (including phenoxy) is 1. The van der Waals surface area contributed by atoms with E-state index in [1.165, 1.54) is 0 Å². The van der Waals surface area contributed by atoms with E-state index < -0.39 is 0 Å². The molecule has 22 heavy (non-hydrogen) atoms. The lowest BCUT2D eigenvalue weighted by Gasteiger charge is -2.09. The Morgan fingerprint density at radius 3 is 2.41 bits per heavy atom. The van der Waals surface area contributed by atoms with Crippen LogP contribution in [-0.2, 0) is 11.3 Å². The van der Waals surface area contributed by atoms with E-state index in [9.17, 15) is 4.79 Å². The van der Waals surface area contributed by atoms with Crippen molar-refractivity contribution in [2.45, 2.75) is 6.54 Å². The van der Waals surface area contributed by atoms with Crippen molar-refractivity contribution in [1.29, 1.82) is 0 Å². The van der Waals surface area contributed by atoms with Gasteiger partial charge in [0.25, 0.3) is 5.91 Å². The fourth-order valence-electron chi connectivity index (χ4n) is 1.63. The van der Waals surface area contributed by atoms with Gasteiger partial charge < -0.3 is 10.1 Å². The van der Waals surface area contributed by atoms with Gasteiger partial charge in [-0.2, -0.15) is 0 Å². The highest BCUT2D eigenvalue weighted by molar-refractivity contribution is 6.42. The van der Waals surface area contributed by atoms with Gasteiger partial charge in [-0.3, -0.25) is 4.79 Å². The van der Waals surface area contributed by atoms with E-state index in [4.69, 9.17) is 51.1 Å². The molecule has 0 saturated heterocycles. The first-order valence-electron chi connectivity index (χ1n) is 6.24. The van der Waals surface area contributed by atoms with Gasteiger partial charge in [0.05, 0.1) is 10.0 Å². The summed E-state index contributed by atoms with van der Waals surface area (Å²) in [5.74, 6) is 0.186. The second-order valence-electron chi connectivity index (χ2n) is 4.38. The number of carbonyl (C=O) groups excluding carboxylic acids is 1. The Morgan fingerprint density at radius 1 is 0.955 bits per heavy atom. The maximum absolute atomic E-state index is 11.8. The molecule has 0 heterocycles. The third-order valence-electron chi connectivity index (χ3n) is 2.75. The number of hydrogen-bond acceptors (Lipinski definition) is 2. The van der Waals surface area contributed by atoms with Crippen molar-refractivity contribution in [3.63, 3.8) is 0 Å². The molecule has 0 unspecified atom stereocenters. The lowest BCUT2D eigenvalue weighted by Crippen LogP contribution is -2.28. The lowest BCUT2D eigenvalue weighted by atomic mass is 10.2. The van der Waals surface area contributed by atoms with Crippen molar-refractivity contribution in [3.8, 4) is 5.75 Å². The molecule has 116 valence electrons. The molecule has 0 fully saturated rings. The Kier molecular flexibility index (Phi) is 6.21. The van der Waals surface area contributed by atoms with Gasteiger partial charge in [0, 0.05) is 22.7 Å². The van der Waals surface area contributed by atoms with Crippen molar-refractivity contribution in [2.75, 3.05) is 6.61 Å². The van der Waals surface area contributed by atoms with Crippen LogP contribution in [0.1, 0.15) is 5.56 Å². The Bertz CT molecular complexity index is 691. The van der Waals surface area contributed by atoms with E-state index >= 15 is 0 Å². The van der Waals surface area contributed by atoms with Crippen LogP contribution in [0.5, 0.6) is 5.75 Å². The molecule has 2 aromatic carbocycles. The number of hydrogen-bond donors (Lipinski definition) is 1. The first-order valence-corrected chi connectivity index (χ1v) is 7.75. The molecule has 1 amide bonds. The summed E-state index contributed by atoms with van der Waals surface area (Å²) in [6.45, 7) is 0.155. The number of benzene rings is 2. The van der Waals surface area contributed by atoms with Gasteiger partial charge in [0.15, 0.2) is 6.61 Å². The predicted octanol–water partition coefficient (Wildman–Crippen LogP) is 5.00. The van der Waals surface area contributed by atoms with E-state index in [0.717, 1.165) is 5.56 Å². The van der Waals surface area contributed by atoms with Crippen molar-refractivity contribution >= 4 is 52.3 Å². The number of nitrogens with one attached hydrogen (secondary N) is 1. The Labute approximate surface area is 148 Å². The van der Waals surface area contributed by atoms with Crippen LogP contribution in [0.25, 0.3) is 0 Å². The SMILES string of the molecule is O=C(COc1ccc(Cl)c(Cl)c1)NCc1ccc(Cl)cc1Cl. The standard InChI is InChI=1S/C15H11Cl4NO2/c16-10-2-1-9(13(18)5-10)7-20-15(21)8-22-11-3-4-12(17)14(19)6-11/h1-6H,7-8H2,(H,20,21). The molecule has 7 heteroatoms. The normalized spacial score (nSPS) is 10.4. The topological polar surface area (TPSA) is 38.3 Å². The summed E-state index contributed by atoms with van der Waals surface area (Å²) in [4.78, 5) is 11.8. The fourth-order valence-corrected chi connectivity index (χ4v) is 2.39. The van der Waals surface area contributed by atoms with E-state index in [2.05, 4.69) is 5.32 Å². The third kappa shape index (κ3) is 4.96. The highest BCUT2D eigenvalue weighted by Gasteiger charge is 2.07. The lowest BCUT2D eigenvalue weighted by molar-refractivity contribution is -0.123. The molecule has 0 aliphatic rings. The fraction of sp³-hybridized carbons (Fsp3) is 0.133. The summed E-state index contributed by atoms with van der Waals surface area (Å²) in [7, 11) is 0. The first-order chi connectivity index (χ1) is 10.5. The Balaban J connectivity index is 1.84. The first kappa shape index (κ1) is 17.2. The van der Waals surface area contributed by atoms with Gasteiger partial charge in [-0.1, -0.05) is 52.5 Å². The van der Waals surface area contributed by atoms with Gasteiger partial charge in [-0.05, 0) is 29.8 Å². The molecule has 0 spiro atoms. The number of carbonyl (C=O) groups is 1. The molecule has 3 nitrogen and oxygen atoms in total. The molecule has 0 radical (unpaired) electrons. The monoisotopic (exact) mass is 377 g/mol. The minimum absolute atomic E-state index is 0.136. The smallest absolute Gasteiger partial charge is 0.258 e. The van der Waals surface area contributed by atoms with Gasteiger partial charge >= 0.3 is 0 Å². The summed E-state index contributed by atoms with van der Waals surface area (Å²) in [5, 5.41) is 4.54. The zero-order chi connectivity index (χ0) is 16.1. The van der Waals surface area contributed by atoms with Crippen molar-refractivity contribution < 1.29 is 9.53 Å². The molecule has 0 bridgehead atoms. The van der Waals surface area contributed by atoms with Gasteiger partial charge in [-0.15, -0.1) is 0 Å². The molecule has 0 atom stereocenters. The molecular weight excluding hydrogens is 368 g/mol.